The van der Waals surface area contributed by atoms with Gasteiger partial charge in [0.05, 0.1) is 22.7 Å². The van der Waals surface area contributed by atoms with Gasteiger partial charge in [0, 0.05) is 23.5 Å². The molecule has 2 N–H and O–H groups in total. The summed E-state index contributed by atoms with van der Waals surface area (Å²) in [5.41, 5.74) is 6.49. The number of nitrogens with two attached hydrogens (primary N) is 1. The molecule has 0 spiro atoms. The lowest BCUT2D eigenvalue weighted by Crippen LogP contribution is -2.26. The van der Waals surface area contributed by atoms with Crippen LogP contribution in [0.2, 0.25) is 5.02 Å². The van der Waals surface area contributed by atoms with Gasteiger partial charge >= 0.3 is 0 Å². The number of carbonyl (C=O) groups excluding carboxylic acids is 1. The van der Waals surface area contributed by atoms with E-state index in [1.807, 2.05) is 0 Å². The minimum atomic E-state index is -0.202. The lowest BCUT2D eigenvalue weighted by atomic mass is 10.2. The Labute approximate surface area is 125 Å². The number of rotatable bonds is 3. The van der Waals surface area contributed by atoms with Gasteiger partial charge in [0.1, 0.15) is 11.9 Å². The highest BCUT2D eigenvalue weighted by molar-refractivity contribution is 7.10. The molecule has 2 heterocycles. The van der Waals surface area contributed by atoms with Crippen LogP contribution in [-0.2, 0) is 6.54 Å². The average molecular weight is 307 g/mol. The maximum absolute atomic E-state index is 12.2. The van der Waals surface area contributed by atoms with Crippen LogP contribution in [0.25, 0.3) is 0 Å². The standard InChI is InChI=1S/C13H11ClN4OS/c1-18(6-10-2-8(4-15)7-20-10)13(19)9-3-11(14)12(16)17-5-9/h2-3,5,7H,6H2,1H3,(H2,16,17). The first-order valence-corrected chi connectivity index (χ1v) is 6.91. The van der Waals surface area contributed by atoms with E-state index in [4.69, 9.17) is 22.6 Å². The fraction of sp³-hybridized carbons (Fsp3) is 0.154. The molecule has 2 aromatic rings. The Morgan fingerprint density at radius 2 is 2.35 bits per heavy atom. The van der Waals surface area contributed by atoms with Gasteiger partial charge in [-0.15, -0.1) is 11.3 Å². The van der Waals surface area contributed by atoms with Gasteiger partial charge in [0.2, 0.25) is 0 Å². The Hall–Kier alpha value is -2.10. The van der Waals surface area contributed by atoms with Crippen molar-refractivity contribution in [1.29, 1.82) is 5.26 Å². The van der Waals surface area contributed by atoms with Gasteiger partial charge in [-0.05, 0) is 12.1 Å². The quantitative estimate of drug-likeness (QED) is 0.944. The first-order chi connectivity index (χ1) is 9.51. The molecule has 5 nitrogen and oxygen atoms in total. The smallest absolute Gasteiger partial charge is 0.255 e. The zero-order valence-corrected chi connectivity index (χ0v) is 12.2. The third-order valence-corrected chi connectivity index (χ3v) is 3.86. The number of nitriles is 1. The predicted molar refractivity (Wildman–Crippen MR) is 78.5 cm³/mol. The van der Waals surface area contributed by atoms with E-state index < -0.39 is 0 Å². The zero-order valence-electron chi connectivity index (χ0n) is 10.6. The lowest BCUT2D eigenvalue weighted by Gasteiger charge is -2.16. The lowest BCUT2D eigenvalue weighted by molar-refractivity contribution is 0.0786. The molecule has 0 unspecified atom stereocenters. The van der Waals surface area contributed by atoms with Crippen molar-refractivity contribution in [3.05, 3.63) is 44.7 Å². The molecule has 0 aromatic carbocycles. The summed E-state index contributed by atoms with van der Waals surface area (Å²) < 4.78 is 0. The molecule has 0 fully saturated rings. The molecule has 0 aliphatic rings. The Morgan fingerprint density at radius 1 is 1.60 bits per heavy atom. The molecular weight excluding hydrogens is 296 g/mol. The second-order valence-corrected chi connectivity index (χ2v) is 5.57. The summed E-state index contributed by atoms with van der Waals surface area (Å²) in [6, 6.07) is 5.33. The van der Waals surface area contributed by atoms with Gasteiger partial charge in [-0.2, -0.15) is 5.26 Å². The number of hydrogen-bond donors (Lipinski definition) is 1. The molecule has 1 amide bonds. The van der Waals surface area contributed by atoms with E-state index in [1.54, 1.807) is 18.5 Å². The summed E-state index contributed by atoms with van der Waals surface area (Å²) in [6.07, 6.45) is 1.40. The minimum absolute atomic E-state index is 0.197. The summed E-state index contributed by atoms with van der Waals surface area (Å²) in [5.74, 6) is -0.00547. The van der Waals surface area contributed by atoms with Gasteiger partial charge in [0.25, 0.3) is 5.91 Å². The number of carbonyl (C=O) groups is 1. The third-order valence-electron chi connectivity index (χ3n) is 2.64. The number of hydrogen-bond acceptors (Lipinski definition) is 5. The molecular formula is C13H11ClN4OS. The van der Waals surface area contributed by atoms with Gasteiger partial charge in [-0.1, -0.05) is 11.6 Å². The maximum Gasteiger partial charge on any atom is 0.255 e. The van der Waals surface area contributed by atoms with E-state index in [0.29, 0.717) is 17.7 Å². The first-order valence-electron chi connectivity index (χ1n) is 5.65. The van der Waals surface area contributed by atoms with Crippen molar-refractivity contribution in [2.24, 2.45) is 0 Å². The topological polar surface area (TPSA) is 83.0 Å². The van der Waals surface area contributed by atoms with Crippen molar-refractivity contribution in [3.8, 4) is 6.07 Å². The molecule has 0 saturated carbocycles. The van der Waals surface area contributed by atoms with E-state index >= 15 is 0 Å². The van der Waals surface area contributed by atoms with Crippen LogP contribution in [0.4, 0.5) is 5.82 Å². The number of aromatic nitrogens is 1. The average Bonchev–Trinajstić information content (AvgIpc) is 2.88. The Morgan fingerprint density at radius 3 is 2.95 bits per heavy atom. The van der Waals surface area contributed by atoms with Crippen molar-refractivity contribution >= 4 is 34.7 Å². The Kier molecular flexibility index (Phi) is 4.23. The number of halogens is 1. The van der Waals surface area contributed by atoms with Gasteiger partial charge in [0.15, 0.2) is 0 Å². The first kappa shape index (κ1) is 14.3. The highest BCUT2D eigenvalue weighted by atomic mass is 35.5. The SMILES string of the molecule is CN(Cc1cc(C#N)cs1)C(=O)c1cnc(N)c(Cl)c1. The van der Waals surface area contributed by atoms with Crippen LogP contribution in [0.3, 0.4) is 0 Å². The van der Waals surface area contributed by atoms with E-state index in [9.17, 15) is 4.79 Å². The van der Waals surface area contributed by atoms with Crippen LogP contribution >= 0.6 is 22.9 Å². The molecule has 0 aliphatic carbocycles. The second kappa shape index (κ2) is 5.90. The van der Waals surface area contributed by atoms with Gasteiger partial charge in [-0.3, -0.25) is 4.79 Å². The normalized spacial score (nSPS) is 10.1. The number of thiophene rings is 1. The van der Waals surface area contributed by atoms with Crippen LogP contribution in [0.5, 0.6) is 0 Å². The Balaban J connectivity index is 2.12. The summed E-state index contributed by atoms with van der Waals surface area (Å²) in [4.78, 5) is 18.6. The molecule has 7 heteroatoms. The van der Waals surface area contributed by atoms with Gasteiger partial charge < -0.3 is 10.6 Å². The predicted octanol–water partition coefficient (Wildman–Crippen LogP) is 2.52. The van der Waals surface area contributed by atoms with Crippen molar-refractivity contribution in [2.75, 3.05) is 12.8 Å². The van der Waals surface area contributed by atoms with E-state index in [-0.39, 0.29) is 16.7 Å². The molecule has 102 valence electrons. The molecule has 0 aliphatic heterocycles. The molecule has 0 bridgehead atoms. The molecule has 0 saturated heterocycles. The van der Waals surface area contributed by atoms with Crippen LogP contribution in [-0.4, -0.2) is 22.8 Å². The largest absolute Gasteiger partial charge is 0.382 e. The van der Waals surface area contributed by atoms with E-state index in [2.05, 4.69) is 11.1 Å². The summed E-state index contributed by atoms with van der Waals surface area (Å²) >= 11 is 7.30. The summed E-state index contributed by atoms with van der Waals surface area (Å²) in [5, 5.41) is 10.8. The summed E-state index contributed by atoms with van der Waals surface area (Å²) in [7, 11) is 1.68. The number of nitrogen functional groups attached to an aromatic ring is 1. The van der Waals surface area contributed by atoms with Crippen LogP contribution < -0.4 is 5.73 Å². The van der Waals surface area contributed by atoms with Crippen LogP contribution in [0, 0.1) is 11.3 Å². The highest BCUT2D eigenvalue weighted by Gasteiger charge is 2.14. The molecule has 2 rings (SSSR count). The number of nitrogens with zero attached hydrogens (tertiary/aromatic N) is 3. The zero-order chi connectivity index (χ0) is 14.7. The van der Waals surface area contributed by atoms with Gasteiger partial charge in [-0.25, -0.2) is 4.98 Å². The molecule has 0 radical (unpaired) electrons. The van der Waals surface area contributed by atoms with Crippen molar-refractivity contribution in [3.63, 3.8) is 0 Å². The molecule has 0 atom stereocenters. The van der Waals surface area contributed by atoms with E-state index in [1.165, 1.54) is 28.5 Å². The number of pyridine rings is 1. The van der Waals surface area contributed by atoms with Crippen LogP contribution in [0.15, 0.2) is 23.7 Å². The fourth-order valence-electron chi connectivity index (χ4n) is 1.61. The summed E-state index contributed by atoms with van der Waals surface area (Å²) in [6.45, 7) is 0.424. The van der Waals surface area contributed by atoms with Crippen molar-refractivity contribution in [2.45, 2.75) is 6.54 Å². The second-order valence-electron chi connectivity index (χ2n) is 4.17. The molecule has 2 aromatic heterocycles. The monoisotopic (exact) mass is 306 g/mol. The van der Waals surface area contributed by atoms with Crippen LogP contribution in [0.1, 0.15) is 20.8 Å². The minimum Gasteiger partial charge on any atom is -0.382 e. The highest BCUT2D eigenvalue weighted by Crippen LogP contribution is 2.19. The Bertz CT molecular complexity index is 692. The van der Waals surface area contributed by atoms with E-state index in [0.717, 1.165) is 4.88 Å². The number of anilines is 1. The van der Waals surface area contributed by atoms with Crippen molar-refractivity contribution < 1.29 is 4.79 Å². The number of amides is 1. The third kappa shape index (κ3) is 3.07. The maximum atomic E-state index is 12.2. The van der Waals surface area contributed by atoms with Crippen molar-refractivity contribution in [1.82, 2.24) is 9.88 Å². The fourth-order valence-corrected chi connectivity index (χ4v) is 2.64. The molecule has 20 heavy (non-hydrogen) atoms.